The molecule has 0 radical (unpaired) electrons. The Balaban J connectivity index is 1.07. The Bertz CT molecular complexity index is 1080. The largest absolute Gasteiger partial charge is 0.396 e. The topological polar surface area (TPSA) is 86.6 Å². The lowest BCUT2D eigenvalue weighted by atomic mass is 9.75. The van der Waals surface area contributed by atoms with Crippen LogP contribution >= 0.6 is 0 Å². The van der Waals surface area contributed by atoms with Crippen molar-refractivity contribution in [2.75, 3.05) is 27.4 Å². The highest BCUT2D eigenvalue weighted by Gasteiger charge is 2.48. The van der Waals surface area contributed by atoms with Crippen molar-refractivity contribution in [2.45, 2.75) is 101 Å². The SMILES string of the molecule is CO[C@H](O[C@@H](OC)c1cccc(CC[C@H]2C3CC[C@H](O3)[C@H]2CCO)c1)c1cccc(CC[C@@H]2C3CC[C@@H](O3)[C@@H]2CCO)c1. The number of ether oxygens (including phenoxy) is 5. The van der Waals surface area contributed by atoms with E-state index in [1.807, 2.05) is 0 Å². The second kappa shape index (κ2) is 14.5. The van der Waals surface area contributed by atoms with Crippen molar-refractivity contribution in [3.05, 3.63) is 70.8 Å². The fourth-order valence-corrected chi connectivity index (χ4v) is 8.75. The van der Waals surface area contributed by atoms with Crippen LogP contribution in [0.3, 0.4) is 0 Å². The van der Waals surface area contributed by atoms with Gasteiger partial charge in [-0.3, -0.25) is 0 Å². The number of hydrogen-bond acceptors (Lipinski definition) is 7. The van der Waals surface area contributed by atoms with Crippen LogP contribution in [-0.4, -0.2) is 62.1 Å². The zero-order valence-electron chi connectivity index (χ0n) is 25.8. The van der Waals surface area contributed by atoms with Gasteiger partial charge in [0, 0.05) is 38.6 Å². The third-order valence-corrected chi connectivity index (χ3v) is 10.8. The van der Waals surface area contributed by atoms with Gasteiger partial charge >= 0.3 is 0 Å². The van der Waals surface area contributed by atoms with Crippen LogP contribution in [0.2, 0.25) is 0 Å². The number of aryl methyl sites for hydroxylation is 2. The first-order valence-electron chi connectivity index (χ1n) is 16.5. The summed E-state index contributed by atoms with van der Waals surface area (Å²) in [5, 5.41) is 19.2. The second-order valence-corrected chi connectivity index (χ2v) is 13.1. The minimum atomic E-state index is -0.563. The zero-order valence-corrected chi connectivity index (χ0v) is 25.8. The molecule has 2 aromatic rings. The van der Waals surface area contributed by atoms with Crippen molar-refractivity contribution in [3.63, 3.8) is 0 Å². The number of rotatable bonds is 16. The van der Waals surface area contributed by atoms with E-state index in [9.17, 15) is 10.2 Å². The van der Waals surface area contributed by atoms with Gasteiger partial charge in [0.15, 0.2) is 12.6 Å². The van der Waals surface area contributed by atoms with E-state index in [-0.39, 0.29) is 13.2 Å². The Kier molecular flexibility index (Phi) is 10.5. The molecule has 0 aromatic heterocycles. The van der Waals surface area contributed by atoms with Crippen LogP contribution in [0, 0.1) is 23.7 Å². The Hall–Kier alpha value is -1.84. The molecule has 7 heteroatoms. The molecule has 0 saturated carbocycles. The van der Waals surface area contributed by atoms with Crippen molar-refractivity contribution < 1.29 is 33.9 Å². The van der Waals surface area contributed by atoms with Crippen LogP contribution in [0.1, 0.15) is 86.2 Å². The van der Waals surface area contributed by atoms with Gasteiger partial charge in [-0.05, 0) is 99.0 Å². The van der Waals surface area contributed by atoms with E-state index in [1.54, 1.807) is 14.2 Å². The molecular weight excluding hydrogens is 544 g/mol. The van der Waals surface area contributed by atoms with Gasteiger partial charge in [0.2, 0.25) is 0 Å². The molecule has 4 saturated heterocycles. The smallest absolute Gasteiger partial charge is 0.186 e. The summed E-state index contributed by atoms with van der Waals surface area (Å²) in [6, 6.07) is 17.0. The zero-order chi connectivity index (χ0) is 29.8. The summed E-state index contributed by atoms with van der Waals surface area (Å²) in [5.74, 6) is 1.99. The maximum absolute atomic E-state index is 9.59. The van der Waals surface area contributed by atoms with Gasteiger partial charge < -0.3 is 33.9 Å². The fraction of sp³-hybridized carbons (Fsp3) is 0.667. The van der Waals surface area contributed by atoms with Crippen LogP contribution in [0.4, 0.5) is 0 Å². The van der Waals surface area contributed by atoms with E-state index >= 15 is 0 Å². The summed E-state index contributed by atoms with van der Waals surface area (Å²) in [6.07, 6.45) is 10.5. The summed E-state index contributed by atoms with van der Waals surface area (Å²) in [7, 11) is 3.35. The summed E-state index contributed by atoms with van der Waals surface area (Å²) < 4.78 is 30.5. The Morgan fingerprint density at radius 1 is 0.628 bits per heavy atom. The molecule has 4 bridgehead atoms. The molecule has 0 amide bonds. The van der Waals surface area contributed by atoms with Crippen LogP contribution in [0.15, 0.2) is 48.5 Å². The Morgan fingerprint density at radius 2 is 1.02 bits per heavy atom. The maximum atomic E-state index is 9.59. The van der Waals surface area contributed by atoms with Crippen molar-refractivity contribution >= 4 is 0 Å². The molecule has 10 atom stereocenters. The highest BCUT2D eigenvalue weighted by molar-refractivity contribution is 5.27. The normalized spacial score (nSPS) is 32.5. The molecule has 2 unspecified atom stereocenters. The number of fused-ring (bicyclic) bond motifs is 4. The highest BCUT2D eigenvalue weighted by atomic mass is 16.8. The fourth-order valence-electron chi connectivity index (χ4n) is 8.75. The van der Waals surface area contributed by atoms with Gasteiger partial charge in [-0.15, -0.1) is 0 Å². The quantitative estimate of drug-likeness (QED) is 0.234. The molecule has 4 aliphatic heterocycles. The number of aliphatic hydroxyl groups excluding tert-OH is 2. The van der Waals surface area contributed by atoms with E-state index in [0.717, 1.165) is 75.3 Å². The van der Waals surface area contributed by atoms with Crippen molar-refractivity contribution in [2.24, 2.45) is 23.7 Å². The molecule has 43 heavy (non-hydrogen) atoms. The molecular formula is C36H50O7. The number of methoxy groups -OCH3 is 2. The molecule has 4 heterocycles. The van der Waals surface area contributed by atoms with E-state index in [0.29, 0.717) is 48.1 Å². The minimum Gasteiger partial charge on any atom is -0.396 e. The van der Waals surface area contributed by atoms with Gasteiger partial charge in [-0.25, -0.2) is 0 Å². The molecule has 7 nitrogen and oxygen atoms in total. The second-order valence-electron chi connectivity index (χ2n) is 13.1. The number of benzene rings is 2. The van der Waals surface area contributed by atoms with Crippen LogP contribution < -0.4 is 0 Å². The predicted molar refractivity (Wildman–Crippen MR) is 163 cm³/mol. The van der Waals surface area contributed by atoms with Crippen molar-refractivity contribution in [1.82, 2.24) is 0 Å². The van der Waals surface area contributed by atoms with Crippen molar-refractivity contribution in [1.29, 1.82) is 0 Å². The third kappa shape index (κ3) is 6.89. The molecule has 236 valence electrons. The molecule has 2 aromatic carbocycles. The highest BCUT2D eigenvalue weighted by Crippen LogP contribution is 2.48. The summed E-state index contributed by atoms with van der Waals surface area (Å²) in [4.78, 5) is 0. The average Bonchev–Trinajstić information content (AvgIpc) is 3.83. The first kappa shape index (κ1) is 31.2. The van der Waals surface area contributed by atoms with Crippen LogP contribution in [0.25, 0.3) is 0 Å². The molecule has 6 rings (SSSR count). The Morgan fingerprint density at radius 3 is 1.40 bits per heavy atom. The molecule has 0 aliphatic carbocycles. The van der Waals surface area contributed by atoms with E-state index in [2.05, 4.69) is 48.5 Å². The van der Waals surface area contributed by atoms with Gasteiger partial charge in [-0.1, -0.05) is 48.5 Å². The lowest BCUT2D eigenvalue weighted by Crippen LogP contribution is -2.28. The van der Waals surface area contributed by atoms with E-state index in [4.69, 9.17) is 23.7 Å². The van der Waals surface area contributed by atoms with E-state index in [1.165, 1.54) is 11.1 Å². The first-order chi connectivity index (χ1) is 21.1. The maximum Gasteiger partial charge on any atom is 0.186 e. The van der Waals surface area contributed by atoms with E-state index < -0.39 is 12.6 Å². The monoisotopic (exact) mass is 594 g/mol. The van der Waals surface area contributed by atoms with Gasteiger partial charge in [0.25, 0.3) is 0 Å². The standard InChI is InChI=1S/C36H50O7/c1-39-35(25-7-3-5-23(21-25)9-11-27-29(17-19-37)33-15-13-31(27)41-33)43-36(40-2)26-8-4-6-24(22-26)10-12-28-30(18-20-38)34-16-14-32(28)42-34/h3-8,21-22,27-38H,9-20H2,1-2H3/t27-,28+,29+,30-,31?,32?,33+,34-,35-,36-/m1/s1. The average molecular weight is 595 g/mol. The predicted octanol–water partition coefficient (Wildman–Crippen LogP) is 5.91. The molecule has 2 N–H and O–H groups in total. The summed E-state index contributed by atoms with van der Waals surface area (Å²) in [6.45, 7) is 0.474. The number of aliphatic hydroxyl groups is 2. The van der Waals surface area contributed by atoms with Gasteiger partial charge in [0.05, 0.1) is 24.4 Å². The lowest BCUT2D eigenvalue weighted by Gasteiger charge is -2.28. The molecule has 4 aliphatic rings. The molecule has 4 fully saturated rings. The van der Waals surface area contributed by atoms with Gasteiger partial charge in [-0.2, -0.15) is 0 Å². The summed E-state index contributed by atoms with van der Waals surface area (Å²) in [5.41, 5.74) is 4.46. The van der Waals surface area contributed by atoms with Crippen LogP contribution in [-0.2, 0) is 36.5 Å². The molecule has 0 spiro atoms. The summed E-state index contributed by atoms with van der Waals surface area (Å²) >= 11 is 0. The first-order valence-corrected chi connectivity index (χ1v) is 16.5. The lowest BCUT2D eigenvalue weighted by molar-refractivity contribution is -0.237. The number of hydrogen-bond donors (Lipinski definition) is 2. The van der Waals surface area contributed by atoms with Gasteiger partial charge in [0.1, 0.15) is 0 Å². The van der Waals surface area contributed by atoms with Crippen LogP contribution in [0.5, 0.6) is 0 Å². The Labute approximate surface area is 256 Å². The minimum absolute atomic E-state index is 0.237. The third-order valence-electron chi connectivity index (χ3n) is 10.8. The van der Waals surface area contributed by atoms with Crippen molar-refractivity contribution in [3.8, 4) is 0 Å².